The Kier molecular flexibility index (Phi) is 8.36. The number of carbonyl (C=O) groups is 1. The first-order chi connectivity index (χ1) is 10.6. The minimum Gasteiger partial charge on any atom is -0.396 e. The molecule has 1 aromatic rings. The number of anilines is 2. The monoisotopic (exact) mass is 307 g/mol. The van der Waals surface area contributed by atoms with Crippen molar-refractivity contribution in [2.24, 2.45) is 5.92 Å². The van der Waals surface area contributed by atoms with Crippen molar-refractivity contribution in [2.45, 2.75) is 33.1 Å². The van der Waals surface area contributed by atoms with Crippen LogP contribution in [0, 0.1) is 5.92 Å². The molecule has 0 fully saturated rings. The van der Waals surface area contributed by atoms with Crippen molar-refractivity contribution >= 4 is 17.4 Å². The van der Waals surface area contributed by atoms with E-state index in [0.717, 1.165) is 17.9 Å². The van der Waals surface area contributed by atoms with Crippen molar-refractivity contribution in [3.05, 3.63) is 24.3 Å². The number of nitrogens with one attached hydrogen (secondary N) is 2. The fourth-order valence-electron chi connectivity index (χ4n) is 2.09. The normalized spacial score (nSPS) is 11.8. The van der Waals surface area contributed by atoms with Crippen LogP contribution in [-0.4, -0.2) is 37.9 Å². The van der Waals surface area contributed by atoms with E-state index in [1.54, 1.807) is 0 Å². The Bertz CT molecular complexity index is 434. The van der Waals surface area contributed by atoms with E-state index in [9.17, 15) is 4.79 Å². The highest BCUT2D eigenvalue weighted by molar-refractivity contribution is 5.89. The molecule has 0 spiro atoms. The molecule has 0 aliphatic rings. The maximum atomic E-state index is 11.8. The first kappa shape index (κ1) is 18.3. The molecular weight excluding hydrogens is 278 g/mol. The van der Waals surface area contributed by atoms with Crippen LogP contribution >= 0.6 is 0 Å². The largest absolute Gasteiger partial charge is 0.396 e. The van der Waals surface area contributed by atoms with Gasteiger partial charge in [0.05, 0.1) is 0 Å². The number of unbranched alkanes of at least 4 members (excludes halogenated alkanes) is 1. The molecule has 0 heterocycles. The molecule has 0 bridgehead atoms. The van der Waals surface area contributed by atoms with Gasteiger partial charge in [0.2, 0.25) is 0 Å². The molecule has 0 aliphatic carbocycles. The smallest absolute Gasteiger partial charge is 0.319 e. The molecule has 0 radical (unpaired) electrons. The molecule has 5 nitrogen and oxygen atoms in total. The second-order valence-electron chi connectivity index (χ2n) is 5.77. The molecule has 0 aliphatic heterocycles. The molecule has 5 heteroatoms. The first-order valence-electron chi connectivity index (χ1n) is 8.03. The Hall–Kier alpha value is -1.75. The molecule has 1 rings (SSSR count). The average molecular weight is 307 g/mol. The summed E-state index contributed by atoms with van der Waals surface area (Å²) in [5.74, 6) is 0.269. The van der Waals surface area contributed by atoms with E-state index >= 15 is 0 Å². The van der Waals surface area contributed by atoms with E-state index < -0.39 is 0 Å². The van der Waals surface area contributed by atoms with Crippen molar-refractivity contribution in [3.8, 4) is 0 Å². The third-order valence-electron chi connectivity index (χ3n) is 3.65. The van der Waals surface area contributed by atoms with E-state index in [1.165, 1.54) is 12.8 Å². The third kappa shape index (κ3) is 6.80. The van der Waals surface area contributed by atoms with Crippen molar-refractivity contribution < 1.29 is 9.90 Å². The predicted molar refractivity (Wildman–Crippen MR) is 92.5 cm³/mol. The lowest BCUT2D eigenvalue weighted by Crippen LogP contribution is -2.32. The summed E-state index contributed by atoms with van der Waals surface area (Å²) >= 11 is 0. The molecule has 124 valence electrons. The van der Waals surface area contributed by atoms with Gasteiger partial charge in [-0.2, -0.15) is 0 Å². The van der Waals surface area contributed by atoms with Crippen LogP contribution in [0.15, 0.2) is 24.3 Å². The SMILES string of the molecule is CCCCN(C)c1ccc(NC(=O)NCC(C)CCO)cc1. The van der Waals surface area contributed by atoms with Crippen LogP contribution in [0.4, 0.5) is 16.2 Å². The molecule has 22 heavy (non-hydrogen) atoms. The Balaban J connectivity index is 2.41. The third-order valence-corrected chi connectivity index (χ3v) is 3.65. The molecule has 2 amide bonds. The van der Waals surface area contributed by atoms with Gasteiger partial charge in [-0.05, 0) is 43.0 Å². The number of hydrogen-bond donors (Lipinski definition) is 3. The van der Waals surface area contributed by atoms with Gasteiger partial charge in [-0.3, -0.25) is 0 Å². The molecule has 1 aromatic carbocycles. The van der Waals surface area contributed by atoms with Gasteiger partial charge in [-0.25, -0.2) is 4.79 Å². The average Bonchev–Trinajstić information content (AvgIpc) is 2.51. The second-order valence-corrected chi connectivity index (χ2v) is 5.77. The first-order valence-corrected chi connectivity index (χ1v) is 8.03. The number of benzene rings is 1. The van der Waals surface area contributed by atoms with Gasteiger partial charge in [0.1, 0.15) is 0 Å². The van der Waals surface area contributed by atoms with Crippen molar-refractivity contribution in [2.75, 3.05) is 37.0 Å². The van der Waals surface area contributed by atoms with Crippen molar-refractivity contribution in [1.82, 2.24) is 5.32 Å². The number of urea groups is 1. The maximum absolute atomic E-state index is 11.8. The molecule has 0 aromatic heterocycles. The quantitative estimate of drug-likeness (QED) is 0.657. The van der Waals surface area contributed by atoms with E-state index in [2.05, 4.69) is 29.5 Å². The highest BCUT2D eigenvalue weighted by Gasteiger charge is 2.06. The van der Waals surface area contributed by atoms with Crippen LogP contribution in [0.1, 0.15) is 33.1 Å². The van der Waals surface area contributed by atoms with Gasteiger partial charge in [0.25, 0.3) is 0 Å². The molecule has 1 unspecified atom stereocenters. The highest BCUT2D eigenvalue weighted by atomic mass is 16.3. The predicted octanol–water partition coefficient (Wildman–Crippen LogP) is 3.06. The van der Waals surface area contributed by atoms with Gasteiger partial charge >= 0.3 is 6.03 Å². The summed E-state index contributed by atoms with van der Waals surface area (Å²) in [6, 6.07) is 7.64. The molecular formula is C17H29N3O2. The van der Waals surface area contributed by atoms with E-state index in [4.69, 9.17) is 5.11 Å². The number of nitrogens with zero attached hydrogens (tertiary/aromatic N) is 1. The van der Waals surface area contributed by atoms with Gasteiger partial charge < -0.3 is 20.6 Å². The summed E-state index contributed by atoms with van der Waals surface area (Å²) in [5.41, 5.74) is 1.93. The zero-order chi connectivity index (χ0) is 16.4. The highest BCUT2D eigenvalue weighted by Crippen LogP contribution is 2.17. The molecule has 0 saturated heterocycles. The Morgan fingerprint density at radius 3 is 2.59 bits per heavy atom. The minimum absolute atomic E-state index is 0.150. The van der Waals surface area contributed by atoms with Crippen LogP contribution in [-0.2, 0) is 0 Å². The Labute approximate surface area is 133 Å². The van der Waals surface area contributed by atoms with Crippen LogP contribution in [0.5, 0.6) is 0 Å². The van der Waals surface area contributed by atoms with E-state index in [1.807, 2.05) is 31.2 Å². The Morgan fingerprint density at radius 2 is 2.00 bits per heavy atom. The lowest BCUT2D eigenvalue weighted by Gasteiger charge is -2.19. The maximum Gasteiger partial charge on any atom is 0.319 e. The zero-order valence-electron chi connectivity index (χ0n) is 13.9. The molecule has 3 N–H and O–H groups in total. The summed E-state index contributed by atoms with van der Waals surface area (Å²) < 4.78 is 0. The summed E-state index contributed by atoms with van der Waals surface area (Å²) in [5, 5.41) is 14.5. The number of hydrogen-bond acceptors (Lipinski definition) is 3. The fraction of sp³-hybridized carbons (Fsp3) is 0.588. The lowest BCUT2D eigenvalue weighted by atomic mass is 10.1. The standard InChI is InChI=1S/C17H29N3O2/c1-4-5-11-20(3)16-8-6-15(7-9-16)19-17(22)18-13-14(2)10-12-21/h6-9,14,21H,4-5,10-13H2,1-3H3,(H2,18,19,22). The number of carbonyl (C=O) groups excluding carboxylic acids is 1. The Morgan fingerprint density at radius 1 is 1.32 bits per heavy atom. The number of aliphatic hydroxyl groups excluding tert-OH is 1. The zero-order valence-corrected chi connectivity index (χ0v) is 13.9. The summed E-state index contributed by atoms with van der Waals surface area (Å²) in [6.45, 7) is 5.92. The van der Waals surface area contributed by atoms with Gasteiger partial charge in [0.15, 0.2) is 0 Å². The van der Waals surface area contributed by atoms with Gasteiger partial charge in [0, 0.05) is 38.1 Å². The molecule has 1 atom stereocenters. The fourth-order valence-corrected chi connectivity index (χ4v) is 2.09. The minimum atomic E-state index is -0.211. The topological polar surface area (TPSA) is 64.6 Å². The number of rotatable bonds is 9. The summed E-state index contributed by atoms with van der Waals surface area (Å²) in [7, 11) is 2.08. The second kappa shape index (κ2) is 10.1. The van der Waals surface area contributed by atoms with Crippen LogP contribution in [0.3, 0.4) is 0 Å². The van der Waals surface area contributed by atoms with Crippen molar-refractivity contribution in [3.63, 3.8) is 0 Å². The van der Waals surface area contributed by atoms with Gasteiger partial charge in [-0.15, -0.1) is 0 Å². The van der Waals surface area contributed by atoms with E-state index in [0.29, 0.717) is 13.0 Å². The van der Waals surface area contributed by atoms with E-state index in [-0.39, 0.29) is 18.6 Å². The van der Waals surface area contributed by atoms with Gasteiger partial charge in [-0.1, -0.05) is 20.3 Å². The lowest BCUT2D eigenvalue weighted by molar-refractivity contribution is 0.243. The number of amides is 2. The van der Waals surface area contributed by atoms with Crippen LogP contribution in [0.25, 0.3) is 0 Å². The van der Waals surface area contributed by atoms with Crippen molar-refractivity contribution in [1.29, 1.82) is 0 Å². The summed E-state index contributed by atoms with van der Waals surface area (Å²) in [6.07, 6.45) is 3.04. The van der Waals surface area contributed by atoms with Crippen LogP contribution in [0.2, 0.25) is 0 Å². The molecule has 0 saturated carbocycles. The number of aliphatic hydroxyl groups is 1. The van der Waals surface area contributed by atoms with Crippen LogP contribution < -0.4 is 15.5 Å². The summed E-state index contributed by atoms with van der Waals surface area (Å²) in [4.78, 5) is 14.0.